The highest BCUT2D eigenvalue weighted by atomic mass is 19.1. The van der Waals surface area contributed by atoms with Crippen molar-refractivity contribution in [1.82, 2.24) is 15.0 Å². The summed E-state index contributed by atoms with van der Waals surface area (Å²) in [6, 6.07) is 15.1. The second-order valence-electron chi connectivity index (χ2n) is 4.36. The zero-order valence-corrected chi connectivity index (χ0v) is 10.5. The van der Waals surface area contributed by atoms with E-state index >= 15 is 0 Å². The molecule has 3 aromatic rings. The van der Waals surface area contributed by atoms with Crippen LogP contribution < -0.4 is 0 Å². The highest BCUT2D eigenvalue weighted by Crippen LogP contribution is 2.23. The zero-order chi connectivity index (χ0) is 13.9. The van der Waals surface area contributed by atoms with Crippen LogP contribution in [0.5, 0.6) is 0 Å². The first-order chi connectivity index (χ1) is 9.75. The van der Waals surface area contributed by atoms with E-state index in [0.717, 1.165) is 5.69 Å². The zero-order valence-electron chi connectivity index (χ0n) is 10.5. The van der Waals surface area contributed by atoms with Gasteiger partial charge in [0.25, 0.3) is 0 Å². The Labute approximate surface area is 115 Å². The Balaban J connectivity index is 1.99. The van der Waals surface area contributed by atoms with Gasteiger partial charge in [0, 0.05) is 0 Å². The summed E-state index contributed by atoms with van der Waals surface area (Å²) in [6.07, 6.45) is 0.590. The third-order valence-electron chi connectivity index (χ3n) is 3.04. The van der Waals surface area contributed by atoms with Gasteiger partial charge in [0.2, 0.25) is 0 Å². The maximum absolute atomic E-state index is 12.9. The van der Waals surface area contributed by atoms with Crippen molar-refractivity contribution in [3.8, 4) is 5.69 Å². The summed E-state index contributed by atoms with van der Waals surface area (Å²) in [7, 11) is 0. The number of para-hydroxylation sites is 1. The van der Waals surface area contributed by atoms with Crippen molar-refractivity contribution < 1.29 is 9.50 Å². The number of halogens is 1. The van der Waals surface area contributed by atoms with E-state index in [1.165, 1.54) is 18.3 Å². The lowest BCUT2D eigenvalue weighted by molar-refractivity contribution is 0.212. The molecular weight excluding hydrogens is 257 g/mol. The SMILES string of the molecule is OC(c1ccc(F)cc1)c1cnnn1-c1ccccc1. The van der Waals surface area contributed by atoms with Crippen LogP contribution >= 0.6 is 0 Å². The van der Waals surface area contributed by atoms with Crippen LogP contribution in [0.25, 0.3) is 5.69 Å². The Bertz CT molecular complexity index is 695. The van der Waals surface area contributed by atoms with E-state index in [-0.39, 0.29) is 5.82 Å². The van der Waals surface area contributed by atoms with Crippen LogP contribution in [0.2, 0.25) is 0 Å². The van der Waals surface area contributed by atoms with E-state index in [9.17, 15) is 9.50 Å². The lowest BCUT2D eigenvalue weighted by Gasteiger charge is -2.12. The van der Waals surface area contributed by atoms with Gasteiger partial charge in [-0.15, -0.1) is 5.10 Å². The first kappa shape index (κ1) is 12.5. The molecule has 1 unspecified atom stereocenters. The number of aliphatic hydroxyl groups is 1. The molecular formula is C15H12FN3O. The number of hydrogen-bond acceptors (Lipinski definition) is 3. The minimum absolute atomic E-state index is 0.337. The molecule has 0 amide bonds. The number of rotatable bonds is 3. The van der Waals surface area contributed by atoms with Gasteiger partial charge in [-0.05, 0) is 29.8 Å². The van der Waals surface area contributed by atoms with Crippen molar-refractivity contribution in [3.05, 3.63) is 77.9 Å². The van der Waals surface area contributed by atoms with Crippen molar-refractivity contribution in [2.24, 2.45) is 0 Å². The second kappa shape index (κ2) is 5.22. The first-order valence-electron chi connectivity index (χ1n) is 6.15. The predicted molar refractivity (Wildman–Crippen MR) is 71.8 cm³/mol. The molecule has 1 aromatic heterocycles. The molecule has 1 N–H and O–H groups in total. The number of benzene rings is 2. The molecule has 0 aliphatic carbocycles. The fourth-order valence-corrected chi connectivity index (χ4v) is 2.02. The summed E-state index contributed by atoms with van der Waals surface area (Å²) < 4.78 is 14.5. The normalized spacial score (nSPS) is 12.3. The summed E-state index contributed by atoms with van der Waals surface area (Å²) in [5.41, 5.74) is 1.93. The van der Waals surface area contributed by atoms with Crippen LogP contribution in [0.1, 0.15) is 17.4 Å². The Morgan fingerprint density at radius 2 is 1.70 bits per heavy atom. The molecule has 1 atom stereocenters. The quantitative estimate of drug-likeness (QED) is 0.794. The van der Waals surface area contributed by atoms with Crippen LogP contribution in [0.15, 0.2) is 60.8 Å². The Morgan fingerprint density at radius 1 is 1.00 bits per heavy atom. The van der Waals surface area contributed by atoms with Gasteiger partial charge in [-0.25, -0.2) is 9.07 Å². The minimum atomic E-state index is -0.911. The van der Waals surface area contributed by atoms with Crippen LogP contribution in [0.4, 0.5) is 4.39 Å². The van der Waals surface area contributed by atoms with Gasteiger partial charge < -0.3 is 5.11 Å². The molecule has 100 valence electrons. The summed E-state index contributed by atoms with van der Waals surface area (Å²) in [5, 5.41) is 18.2. The molecule has 2 aromatic carbocycles. The summed E-state index contributed by atoms with van der Waals surface area (Å²) in [4.78, 5) is 0. The molecule has 0 aliphatic rings. The highest BCUT2D eigenvalue weighted by Gasteiger charge is 2.17. The third-order valence-corrected chi connectivity index (χ3v) is 3.04. The number of hydrogen-bond donors (Lipinski definition) is 1. The Hall–Kier alpha value is -2.53. The van der Waals surface area contributed by atoms with Crippen molar-refractivity contribution >= 4 is 0 Å². The molecule has 0 spiro atoms. The Morgan fingerprint density at radius 3 is 2.40 bits per heavy atom. The monoisotopic (exact) mass is 269 g/mol. The summed E-state index contributed by atoms with van der Waals surface area (Å²) in [5.74, 6) is -0.337. The largest absolute Gasteiger partial charge is 0.382 e. The topological polar surface area (TPSA) is 50.9 Å². The van der Waals surface area contributed by atoms with Gasteiger partial charge in [0.05, 0.1) is 17.6 Å². The van der Waals surface area contributed by atoms with Gasteiger partial charge in [-0.2, -0.15) is 0 Å². The number of aromatic nitrogens is 3. The smallest absolute Gasteiger partial charge is 0.123 e. The standard InChI is InChI=1S/C15H12FN3O/c16-12-8-6-11(7-9-12)15(20)14-10-17-18-19(14)13-4-2-1-3-5-13/h1-10,15,20H. The second-order valence-corrected chi connectivity index (χ2v) is 4.36. The van der Waals surface area contributed by atoms with E-state index in [1.807, 2.05) is 30.3 Å². The van der Waals surface area contributed by atoms with Crippen molar-refractivity contribution in [2.45, 2.75) is 6.10 Å². The summed E-state index contributed by atoms with van der Waals surface area (Å²) >= 11 is 0. The minimum Gasteiger partial charge on any atom is -0.382 e. The molecule has 0 fully saturated rings. The molecule has 0 saturated carbocycles. The van der Waals surface area contributed by atoms with Crippen LogP contribution in [0.3, 0.4) is 0 Å². The fourth-order valence-electron chi connectivity index (χ4n) is 2.02. The summed E-state index contributed by atoms with van der Waals surface area (Å²) in [6.45, 7) is 0. The predicted octanol–water partition coefficient (Wildman–Crippen LogP) is 2.49. The Kier molecular flexibility index (Phi) is 3.26. The van der Waals surface area contributed by atoms with Crippen molar-refractivity contribution in [2.75, 3.05) is 0 Å². The van der Waals surface area contributed by atoms with E-state index < -0.39 is 6.10 Å². The van der Waals surface area contributed by atoms with Gasteiger partial charge in [0.1, 0.15) is 11.9 Å². The average molecular weight is 269 g/mol. The number of aliphatic hydroxyl groups excluding tert-OH is 1. The van der Waals surface area contributed by atoms with E-state index in [2.05, 4.69) is 10.3 Å². The van der Waals surface area contributed by atoms with Gasteiger partial charge in [-0.3, -0.25) is 0 Å². The molecule has 0 bridgehead atoms. The molecule has 4 nitrogen and oxygen atoms in total. The van der Waals surface area contributed by atoms with Gasteiger partial charge >= 0.3 is 0 Å². The maximum atomic E-state index is 12.9. The van der Waals surface area contributed by atoms with Crippen LogP contribution in [-0.2, 0) is 0 Å². The molecule has 0 radical (unpaired) electrons. The van der Waals surface area contributed by atoms with E-state index in [4.69, 9.17) is 0 Å². The third kappa shape index (κ3) is 2.31. The number of nitrogens with zero attached hydrogens (tertiary/aromatic N) is 3. The average Bonchev–Trinajstić information content (AvgIpc) is 2.97. The molecule has 20 heavy (non-hydrogen) atoms. The molecule has 0 saturated heterocycles. The molecule has 5 heteroatoms. The lowest BCUT2D eigenvalue weighted by atomic mass is 10.1. The van der Waals surface area contributed by atoms with Crippen molar-refractivity contribution in [1.29, 1.82) is 0 Å². The fraction of sp³-hybridized carbons (Fsp3) is 0.0667. The molecule has 3 rings (SSSR count). The van der Waals surface area contributed by atoms with E-state index in [0.29, 0.717) is 11.3 Å². The molecule has 1 heterocycles. The highest BCUT2D eigenvalue weighted by molar-refractivity contribution is 5.34. The lowest BCUT2D eigenvalue weighted by Crippen LogP contribution is -2.08. The van der Waals surface area contributed by atoms with Crippen LogP contribution in [-0.4, -0.2) is 20.1 Å². The van der Waals surface area contributed by atoms with Gasteiger partial charge in [-0.1, -0.05) is 35.5 Å². The van der Waals surface area contributed by atoms with Gasteiger partial charge in [0.15, 0.2) is 0 Å². The molecule has 0 aliphatic heterocycles. The van der Waals surface area contributed by atoms with Crippen LogP contribution in [0, 0.1) is 5.82 Å². The van der Waals surface area contributed by atoms with E-state index in [1.54, 1.807) is 16.8 Å². The van der Waals surface area contributed by atoms with Crippen molar-refractivity contribution in [3.63, 3.8) is 0 Å². The maximum Gasteiger partial charge on any atom is 0.123 e. The first-order valence-corrected chi connectivity index (χ1v) is 6.15.